The lowest BCUT2D eigenvalue weighted by Gasteiger charge is -2.22. The molecule has 6 rings (SSSR count). The first-order valence-electron chi connectivity index (χ1n) is 13.7. The van der Waals surface area contributed by atoms with Crippen LogP contribution in [0, 0.1) is 0 Å². The van der Waals surface area contributed by atoms with E-state index in [0.717, 1.165) is 52.4 Å². The molecular formula is C27H33N7O5S. The van der Waals surface area contributed by atoms with E-state index >= 15 is 0 Å². The zero-order valence-corrected chi connectivity index (χ0v) is 23.5. The summed E-state index contributed by atoms with van der Waals surface area (Å²) in [6.45, 7) is 5.71. The molecule has 40 heavy (non-hydrogen) atoms. The van der Waals surface area contributed by atoms with Crippen molar-refractivity contribution in [2.45, 2.75) is 70.0 Å². The molecule has 0 bridgehead atoms. The molecule has 0 spiro atoms. The Morgan fingerprint density at radius 3 is 2.73 bits per heavy atom. The van der Waals surface area contributed by atoms with Crippen molar-refractivity contribution in [2.24, 2.45) is 0 Å². The van der Waals surface area contributed by atoms with Gasteiger partial charge in [-0.25, -0.2) is 18.4 Å². The van der Waals surface area contributed by atoms with Gasteiger partial charge in [-0.05, 0) is 58.1 Å². The quantitative estimate of drug-likeness (QED) is 0.248. The lowest BCUT2D eigenvalue weighted by atomic mass is 10.2. The molecule has 1 saturated carbocycles. The summed E-state index contributed by atoms with van der Waals surface area (Å²) >= 11 is 0. The first-order valence-corrected chi connectivity index (χ1v) is 15.2. The molecule has 2 aliphatic rings. The molecule has 1 aliphatic carbocycles. The van der Waals surface area contributed by atoms with Crippen molar-refractivity contribution in [3.05, 3.63) is 48.3 Å². The van der Waals surface area contributed by atoms with Gasteiger partial charge in [0, 0.05) is 31.0 Å². The van der Waals surface area contributed by atoms with Gasteiger partial charge in [-0.1, -0.05) is 0 Å². The van der Waals surface area contributed by atoms with Gasteiger partial charge in [0.2, 0.25) is 0 Å². The molecule has 0 aromatic carbocycles. The Morgan fingerprint density at radius 1 is 1.07 bits per heavy atom. The van der Waals surface area contributed by atoms with E-state index in [2.05, 4.69) is 43.4 Å². The molecule has 12 nitrogen and oxygen atoms in total. The van der Waals surface area contributed by atoms with Crippen LogP contribution in [0.1, 0.15) is 63.4 Å². The van der Waals surface area contributed by atoms with Crippen molar-refractivity contribution in [1.29, 1.82) is 0 Å². The number of hydrogen-bond donors (Lipinski definition) is 0. The van der Waals surface area contributed by atoms with Crippen molar-refractivity contribution in [2.75, 3.05) is 19.8 Å². The van der Waals surface area contributed by atoms with Crippen LogP contribution >= 0.6 is 0 Å². The Kier molecular flexibility index (Phi) is 7.51. The summed E-state index contributed by atoms with van der Waals surface area (Å²) in [7, 11) is -3.45. The zero-order chi connectivity index (χ0) is 27.7. The van der Waals surface area contributed by atoms with Gasteiger partial charge in [0.1, 0.15) is 12.1 Å². The maximum Gasteiger partial charge on any atom is 0.297 e. The molecule has 2 fully saturated rings. The number of ether oxygens (including phenoxy) is 3. The number of hydrogen-bond acceptors (Lipinski definition) is 10. The second-order valence-electron chi connectivity index (χ2n) is 10.4. The minimum atomic E-state index is -3.45. The van der Waals surface area contributed by atoms with Gasteiger partial charge in [-0.3, -0.25) is 9.55 Å². The van der Waals surface area contributed by atoms with E-state index in [-0.39, 0.29) is 17.6 Å². The Labute approximate surface area is 232 Å². The first kappa shape index (κ1) is 26.8. The molecule has 1 aliphatic heterocycles. The average Bonchev–Trinajstić information content (AvgIpc) is 3.58. The third-order valence-electron chi connectivity index (χ3n) is 6.97. The monoisotopic (exact) mass is 567 g/mol. The van der Waals surface area contributed by atoms with E-state index in [0.29, 0.717) is 49.9 Å². The number of pyridine rings is 1. The van der Waals surface area contributed by atoms with Crippen LogP contribution in [0.4, 0.5) is 0 Å². The lowest BCUT2D eigenvalue weighted by Crippen LogP contribution is -2.24. The maximum absolute atomic E-state index is 12.5. The Hall–Kier alpha value is -3.42. The molecule has 4 aromatic rings. The highest BCUT2D eigenvalue weighted by Crippen LogP contribution is 2.30. The van der Waals surface area contributed by atoms with Crippen molar-refractivity contribution in [1.82, 2.24) is 33.7 Å². The summed E-state index contributed by atoms with van der Waals surface area (Å²) in [4.78, 5) is 18.3. The van der Waals surface area contributed by atoms with Gasteiger partial charge in [0.15, 0.2) is 12.1 Å². The highest BCUT2D eigenvalue weighted by molar-refractivity contribution is 7.90. The number of nitrogens with zero attached hydrogens (tertiary/aromatic N) is 7. The van der Waals surface area contributed by atoms with E-state index in [1.165, 1.54) is 12.4 Å². The summed E-state index contributed by atoms with van der Waals surface area (Å²) < 4.78 is 45.5. The normalized spacial score (nSPS) is 18.0. The molecule has 1 atom stereocenters. The van der Waals surface area contributed by atoms with Crippen molar-refractivity contribution >= 4 is 21.1 Å². The molecule has 1 saturated heterocycles. The van der Waals surface area contributed by atoms with Crippen molar-refractivity contribution in [3.63, 3.8) is 0 Å². The van der Waals surface area contributed by atoms with E-state index in [4.69, 9.17) is 14.2 Å². The van der Waals surface area contributed by atoms with Crippen molar-refractivity contribution < 1.29 is 22.6 Å². The fourth-order valence-corrected chi connectivity index (χ4v) is 6.24. The number of fused-ring (bicyclic) bond motifs is 1. The van der Waals surface area contributed by atoms with Crippen LogP contribution in [0.5, 0.6) is 6.01 Å². The van der Waals surface area contributed by atoms with Gasteiger partial charge < -0.3 is 14.2 Å². The predicted molar refractivity (Wildman–Crippen MR) is 146 cm³/mol. The first-order chi connectivity index (χ1) is 19.4. The molecular weight excluding hydrogens is 534 g/mol. The van der Waals surface area contributed by atoms with Crippen LogP contribution < -0.4 is 4.74 Å². The summed E-state index contributed by atoms with van der Waals surface area (Å²) in [5, 5.41) is 3.71. The summed E-state index contributed by atoms with van der Waals surface area (Å²) in [6.07, 6.45) is 11.2. The van der Waals surface area contributed by atoms with E-state index in [1.807, 2.05) is 12.1 Å². The molecule has 0 amide bonds. The van der Waals surface area contributed by atoms with Gasteiger partial charge in [0.25, 0.3) is 16.0 Å². The van der Waals surface area contributed by atoms with Crippen LogP contribution in [0.3, 0.4) is 0 Å². The summed E-state index contributed by atoms with van der Waals surface area (Å²) in [5.41, 5.74) is 3.79. The van der Waals surface area contributed by atoms with Crippen LogP contribution in [-0.4, -0.2) is 73.5 Å². The highest BCUT2D eigenvalue weighted by atomic mass is 32.2. The van der Waals surface area contributed by atoms with Gasteiger partial charge in [-0.2, -0.15) is 14.2 Å². The average molecular weight is 568 g/mol. The Bertz CT molecular complexity index is 1590. The molecule has 212 valence electrons. The van der Waals surface area contributed by atoms with E-state index < -0.39 is 10.0 Å². The lowest BCUT2D eigenvalue weighted by molar-refractivity contribution is -0.165. The fraction of sp³-hybridized carbons (Fsp3) is 0.519. The second-order valence-corrected chi connectivity index (χ2v) is 12.5. The fourth-order valence-electron chi connectivity index (χ4n) is 4.77. The predicted octanol–water partition coefficient (Wildman–Crippen LogP) is 3.52. The van der Waals surface area contributed by atoms with Gasteiger partial charge in [-0.15, -0.1) is 0 Å². The van der Waals surface area contributed by atoms with Gasteiger partial charge >= 0.3 is 0 Å². The second kappa shape index (κ2) is 11.2. The van der Waals surface area contributed by atoms with Crippen LogP contribution in [0.25, 0.3) is 22.4 Å². The molecule has 1 unspecified atom stereocenters. The SMILES string of the molecule is CC(C)n1c(OCCOC2CCCCO2)nc2cnc(Cc3ccnc(-c4cnn(S(=O)(=O)C5CC5)c4)n3)cc21. The molecule has 4 aromatic heterocycles. The number of imidazole rings is 1. The topological polar surface area (TPSA) is 136 Å². The van der Waals surface area contributed by atoms with E-state index in [1.54, 1.807) is 12.4 Å². The third-order valence-corrected chi connectivity index (χ3v) is 9.01. The van der Waals surface area contributed by atoms with Crippen LogP contribution in [-0.2, 0) is 25.9 Å². The standard InChI is InChI=1S/C27H33N7O5S/c1-18(2)34-24-14-21(29-16-23(24)32-27(34)39-12-11-38-25-5-3-4-10-37-25)13-20-8-9-28-26(31-20)19-15-30-33(17-19)40(35,36)22-6-7-22/h8-9,14-18,22,25H,3-7,10-13H2,1-2H3. The van der Waals surface area contributed by atoms with Crippen molar-refractivity contribution in [3.8, 4) is 17.4 Å². The largest absolute Gasteiger partial charge is 0.462 e. The smallest absolute Gasteiger partial charge is 0.297 e. The van der Waals surface area contributed by atoms with Crippen LogP contribution in [0.2, 0.25) is 0 Å². The zero-order valence-electron chi connectivity index (χ0n) is 22.6. The minimum Gasteiger partial charge on any atom is -0.462 e. The minimum absolute atomic E-state index is 0.118. The molecule has 0 N–H and O–H groups in total. The summed E-state index contributed by atoms with van der Waals surface area (Å²) in [5.74, 6) is 0.416. The Morgan fingerprint density at radius 2 is 1.95 bits per heavy atom. The summed E-state index contributed by atoms with van der Waals surface area (Å²) in [6, 6.07) is 4.47. The highest BCUT2D eigenvalue weighted by Gasteiger charge is 2.37. The van der Waals surface area contributed by atoms with Crippen LogP contribution in [0.15, 0.2) is 36.9 Å². The Balaban J connectivity index is 1.16. The molecule has 0 radical (unpaired) electrons. The molecule has 13 heteroatoms. The third kappa shape index (κ3) is 5.72. The van der Waals surface area contributed by atoms with E-state index in [9.17, 15) is 8.42 Å². The molecule has 5 heterocycles. The number of rotatable bonds is 11. The number of aromatic nitrogens is 7. The maximum atomic E-state index is 12.5. The van der Waals surface area contributed by atoms with Gasteiger partial charge in [0.05, 0.1) is 47.2 Å².